The SMILES string of the molecule is CCCCCCCCCCCCCCOc1cccc(C(=O)N(Cc2cccc[n+]2CC)C(=O)c2ccccc2)c1C.[I-]. The fraction of sp³-hybridized carbons (Fsp3) is 0.486. The van der Waals surface area contributed by atoms with Crippen LogP contribution in [0.3, 0.4) is 0 Å². The average Bonchev–Trinajstić information content (AvgIpc) is 3.02. The number of aromatic nitrogens is 1. The lowest BCUT2D eigenvalue weighted by molar-refractivity contribution is -0.701. The summed E-state index contributed by atoms with van der Waals surface area (Å²) in [6, 6.07) is 20.4. The number of nitrogens with zero attached hydrogens (tertiary/aromatic N) is 2. The maximum atomic E-state index is 14.0. The Morgan fingerprint density at radius 1 is 0.698 bits per heavy atom. The summed E-state index contributed by atoms with van der Waals surface area (Å²) in [5, 5.41) is 0. The molecule has 3 rings (SSSR count). The molecule has 234 valence electrons. The fourth-order valence-corrected chi connectivity index (χ4v) is 5.37. The van der Waals surface area contributed by atoms with Gasteiger partial charge >= 0.3 is 0 Å². The van der Waals surface area contributed by atoms with Crippen LogP contribution in [0.5, 0.6) is 5.75 Å². The lowest BCUT2D eigenvalue weighted by Crippen LogP contribution is -3.00. The minimum absolute atomic E-state index is 0. The highest BCUT2D eigenvalue weighted by Crippen LogP contribution is 2.24. The topological polar surface area (TPSA) is 50.5 Å². The van der Waals surface area contributed by atoms with Crippen LogP contribution in [-0.4, -0.2) is 23.3 Å². The number of carbonyl (C=O) groups is 2. The van der Waals surface area contributed by atoms with Gasteiger partial charge in [0, 0.05) is 28.8 Å². The molecule has 1 aromatic heterocycles. The van der Waals surface area contributed by atoms with E-state index in [1.54, 1.807) is 18.2 Å². The number of unbranched alkanes of at least 4 members (excludes halogenated alkanes) is 11. The minimum atomic E-state index is -0.316. The van der Waals surface area contributed by atoms with Gasteiger partial charge in [0.25, 0.3) is 11.8 Å². The van der Waals surface area contributed by atoms with Gasteiger partial charge in [0.05, 0.1) is 6.61 Å². The van der Waals surface area contributed by atoms with Crippen LogP contribution >= 0.6 is 0 Å². The van der Waals surface area contributed by atoms with Crippen molar-refractivity contribution in [2.45, 2.75) is 111 Å². The average molecular weight is 699 g/mol. The molecule has 0 saturated heterocycles. The summed E-state index contributed by atoms with van der Waals surface area (Å²) < 4.78 is 8.19. The zero-order chi connectivity index (χ0) is 30.0. The highest BCUT2D eigenvalue weighted by molar-refractivity contribution is 6.10. The molecule has 0 aliphatic heterocycles. The number of hydrogen-bond acceptors (Lipinski definition) is 3. The number of carbonyl (C=O) groups excluding carboxylic acids is 2. The number of halogens is 1. The van der Waals surface area contributed by atoms with Crippen molar-refractivity contribution in [2.24, 2.45) is 0 Å². The van der Waals surface area contributed by atoms with E-state index in [0.717, 1.165) is 30.6 Å². The normalized spacial score (nSPS) is 10.7. The number of imide groups is 1. The molecule has 6 heteroatoms. The second kappa shape index (κ2) is 21.0. The number of hydrogen-bond donors (Lipinski definition) is 0. The zero-order valence-corrected chi connectivity index (χ0v) is 28.7. The van der Waals surface area contributed by atoms with Crippen LogP contribution < -0.4 is 33.3 Å². The van der Waals surface area contributed by atoms with Crippen LogP contribution in [0.4, 0.5) is 0 Å². The zero-order valence-electron chi connectivity index (χ0n) is 26.5. The second-order valence-electron chi connectivity index (χ2n) is 11.2. The quantitative estimate of drug-likeness (QED) is 0.0682. The number of aryl methyl sites for hydroxylation is 1. The predicted octanol–water partition coefficient (Wildman–Crippen LogP) is 5.87. The van der Waals surface area contributed by atoms with Crippen molar-refractivity contribution >= 4 is 11.8 Å². The molecule has 0 saturated carbocycles. The first-order chi connectivity index (χ1) is 20.6. The number of benzene rings is 2. The van der Waals surface area contributed by atoms with Crippen LogP contribution in [0.1, 0.15) is 123 Å². The van der Waals surface area contributed by atoms with E-state index in [9.17, 15) is 9.59 Å². The Morgan fingerprint density at radius 2 is 1.30 bits per heavy atom. The molecule has 43 heavy (non-hydrogen) atoms. The van der Waals surface area contributed by atoms with Gasteiger partial charge in [-0.1, -0.05) is 108 Å². The monoisotopic (exact) mass is 698 g/mol. The van der Waals surface area contributed by atoms with Crippen LogP contribution in [0, 0.1) is 6.92 Å². The molecule has 1 heterocycles. The molecule has 0 fully saturated rings. The van der Waals surface area contributed by atoms with E-state index in [1.165, 1.54) is 69.1 Å². The molecule has 2 amide bonds. The Hall–Kier alpha value is -2.74. The highest BCUT2D eigenvalue weighted by Gasteiger charge is 2.28. The Kier molecular flexibility index (Phi) is 17.8. The molecule has 0 atom stereocenters. The lowest BCUT2D eigenvalue weighted by atomic mass is 10.0. The highest BCUT2D eigenvalue weighted by atomic mass is 127. The van der Waals surface area contributed by atoms with Gasteiger partial charge in [-0.05, 0) is 44.5 Å². The molecular weight excluding hydrogens is 647 g/mol. The van der Waals surface area contributed by atoms with Crippen molar-refractivity contribution < 1.29 is 42.9 Å². The smallest absolute Gasteiger partial charge is 0.261 e. The first kappa shape index (κ1) is 36.5. The number of pyridine rings is 1. The predicted molar refractivity (Wildman–Crippen MR) is 171 cm³/mol. The summed E-state index contributed by atoms with van der Waals surface area (Å²) in [6.07, 6.45) is 17.6. The molecule has 0 bridgehead atoms. The third-order valence-electron chi connectivity index (χ3n) is 7.98. The van der Waals surface area contributed by atoms with Crippen LogP contribution in [0.2, 0.25) is 0 Å². The number of rotatable bonds is 19. The summed E-state index contributed by atoms with van der Waals surface area (Å²) in [6.45, 7) is 7.79. The summed E-state index contributed by atoms with van der Waals surface area (Å²) in [7, 11) is 0. The first-order valence-corrected chi connectivity index (χ1v) is 16.2. The van der Waals surface area contributed by atoms with Gasteiger partial charge in [-0.25, -0.2) is 4.57 Å². The van der Waals surface area contributed by atoms with E-state index < -0.39 is 0 Å². The van der Waals surface area contributed by atoms with E-state index in [1.807, 2.05) is 61.7 Å². The Morgan fingerprint density at radius 3 is 1.93 bits per heavy atom. The van der Waals surface area contributed by atoms with Gasteiger partial charge in [0.2, 0.25) is 5.69 Å². The fourth-order valence-electron chi connectivity index (χ4n) is 5.37. The Labute approximate surface area is 277 Å². The van der Waals surface area contributed by atoms with Gasteiger partial charge in [0.1, 0.15) is 18.8 Å². The summed E-state index contributed by atoms with van der Waals surface area (Å²) in [5.74, 6) is 0.0809. The molecule has 0 aliphatic carbocycles. The number of amides is 2. The van der Waals surface area contributed by atoms with Gasteiger partial charge in [-0.3, -0.25) is 14.5 Å². The van der Waals surface area contributed by atoms with E-state index in [4.69, 9.17) is 4.74 Å². The van der Waals surface area contributed by atoms with Gasteiger partial charge in [-0.2, -0.15) is 0 Å². The third kappa shape index (κ3) is 12.0. The lowest BCUT2D eigenvalue weighted by Gasteiger charge is -2.22. The Bertz CT molecular complexity index is 1230. The van der Waals surface area contributed by atoms with Crippen molar-refractivity contribution in [3.8, 4) is 5.75 Å². The van der Waals surface area contributed by atoms with E-state index in [-0.39, 0.29) is 42.3 Å². The van der Waals surface area contributed by atoms with Crippen LogP contribution in [0.15, 0.2) is 72.9 Å². The molecule has 0 spiro atoms. The first-order valence-electron chi connectivity index (χ1n) is 16.2. The molecule has 0 radical (unpaired) electrons. The van der Waals surface area contributed by atoms with Crippen molar-refractivity contribution in [2.75, 3.05) is 6.61 Å². The molecule has 3 aromatic rings. The summed E-state index contributed by atoms with van der Waals surface area (Å²) >= 11 is 0. The maximum absolute atomic E-state index is 14.0. The third-order valence-corrected chi connectivity index (χ3v) is 7.98. The standard InChI is InChI=1S/C37H51N2O3.HI/c1-4-6-7-8-9-10-11-12-13-14-15-21-29-42-35-27-22-26-34(31(35)3)37(41)39(36(40)32-23-17-16-18-24-32)30-33-25-19-20-28-38(33)5-2;/h16-20,22-28H,4-15,21,29-30H2,1-3H3;1H/q+1;/p-1. The van der Waals surface area contributed by atoms with Crippen molar-refractivity contribution in [1.29, 1.82) is 0 Å². The van der Waals surface area contributed by atoms with Gasteiger partial charge in [0.15, 0.2) is 6.20 Å². The number of ether oxygens (including phenoxy) is 1. The van der Waals surface area contributed by atoms with E-state index in [2.05, 4.69) is 18.4 Å². The van der Waals surface area contributed by atoms with Crippen molar-refractivity contribution in [3.63, 3.8) is 0 Å². The van der Waals surface area contributed by atoms with Gasteiger partial charge in [-0.15, -0.1) is 0 Å². The van der Waals surface area contributed by atoms with Gasteiger partial charge < -0.3 is 28.7 Å². The van der Waals surface area contributed by atoms with Crippen molar-refractivity contribution in [1.82, 2.24) is 4.90 Å². The maximum Gasteiger partial charge on any atom is 0.261 e. The molecular formula is C37H51IN2O3. The van der Waals surface area contributed by atoms with Crippen molar-refractivity contribution in [3.05, 3.63) is 95.3 Å². The Balaban J connectivity index is 0.00000645. The molecule has 0 aliphatic rings. The summed E-state index contributed by atoms with van der Waals surface area (Å²) in [5.41, 5.74) is 2.64. The molecule has 0 N–H and O–H groups in total. The molecule has 5 nitrogen and oxygen atoms in total. The summed E-state index contributed by atoms with van der Waals surface area (Å²) in [4.78, 5) is 29.0. The minimum Gasteiger partial charge on any atom is -1.00 e. The van der Waals surface area contributed by atoms with E-state index >= 15 is 0 Å². The molecule has 2 aromatic carbocycles. The van der Waals surface area contributed by atoms with E-state index in [0.29, 0.717) is 23.5 Å². The van der Waals surface area contributed by atoms with Crippen LogP contribution in [-0.2, 0) is 13.1 Å². The van der Waals surface area contributed by atoms with Crippen LogP contribution in [0.25, 0.3) is 0 Å². The molecule has 0 unspecified atom stereocenters. The second-order valence-corrected chi connectivity index (χ2v) is 11.2. The largest absolute Gasteiger partial charge is 1.00 e.